The van der Waals surface area contributed by atoms with Crippen molar-refractivity contribution in [1.82, 2.24) is 14.5 Å². The molecule has 0 aliphatic carbocycles. The van der Waals surface area contributed by atoms with Crippen molar-refractivity contribution in [2.45, 2.75) is 63.4 Å². The van der Waals surface area contributed by atoms with Gasteiger partial charge in [-0.05, 0) is 49.1 Å². The van der Waals surface area contributed by atoms with Crippen LogP contribution in [-0.4, -0.2) is 55.6 Å². The number of hydrogen-bond donors (Lipinski definition) is 1. The molecule has 36 heavy (non-hydrogen) atoms. The van der Waals surface area contributed by atoms with Gasteiger partial charge < -0.3 is 10.2 Å². The molecule has 0 aliphatic heterocycles. The first kappa shape index (κ1) is 30.1. The van der Waals surface area contributed by atoms with Crippen molar-refractivity contribution in [1.29, 1.82) is 0 Å². The summed E-state index contributed by atoms with van der Waals surface area (Å²) < 4.78 is 26.8. The second-order valence-corrected chi connectivity index (χ2v) is 11.4. The molecule has 0 bridgehead atoms. The van der Waals surface area contributed by atoms with E-state index >= 15 is 0 Å². The van der Waals surface area contributed by atoms with Gasteiger partial charge in [0.1, 0.15) is 6.04 Å². The van der Waals surface area contributed by atoms with Crippen molar-refractivity contribution in [3.63, 3.8) is 0 Å². The largest absolute Gasteiger partial charge is 0.354 e. The third-order valence-electron chi connectivity index (χ3n) is 5.87. The van der Waals surface area contributed by atoms with Crippen molar-refractivity contribution >= 4 is 45.0 Å². The molecule has 2 aromatic carbocycles. The molecule has 0 radical (unpaired) electrons. The summed E-state index contributed by atoms with van der Waals surface area (Å²) in [6, 6.07) is 12.6. The molecular weight excluding hydrogens is 521 g/mol. The zero-order valence-corrected chi connectivity index (χ0v) is 23.4. The summed E-state index contributed by atoms with van der Waals surface area (Å²) in [5, 5.41) is 3.70. The van der Waals surface area contributed by atoms with Gasteiger partial charge >= 0.3 is 0 Å². The average molecular weight is 557 g/mol. The summed E-state index contributed by atoms with van der Waals surface area (Å²) in [4.78, 5) is 28.0. The molecule has 0 aromatic heterocycles. The minimum absolute atomic E-state index is 0.0920. The summed E-state index contributed by atoms with van der Waals surface area (Å²) in [6.07, 6.45) is 2.64. The Labute approximate surface area is 224 Å². The lowest BCUT2D eigenvalue weighted by atomic mass is 10.1. The van der Waals surface area contributed by atoms with Crippen LogP contribution in [0, 0.1) is 0 Å². The average Bonchev–Trinajstić information content (AvgIpc) is 2.86. The van der Waals surface area contributed by atoms with Crippen molar-refractivity contribution in [2.24, 2.45) is 0 Å². The third kappa shape index (κ3) is 8.47. The Hall–Kier alpha value is -2.13. The van der Waals surface area contributed by atoms with E-state index < -0.39 is 16.1 Å². The minimum Gasteiger partial charge on any atom is -0.354 e. The highest BCUT2D eigenvalue weighted by atomic mass is 35.5. The molecule has 1 unspecified atom stereocenters. The number of sulfonamides is 1. The number of unbranched alkanes of at least 4 members (excludes halogenated alkanes) is 1. The zero-order valence-electron chi connectivity index (χ0n) is 21.0. The topological polar surface area (TPSA) is 86.8 Å². The van der Waals surface area contributed by atoms with Crippen LogP contribution < -0.4 is 5.32 Å². The zero-order chi connectivity index (χ0) is 26.7. The molecule has 2 rings (SSSR count). The van der Waals surface area contributed by atoms with Crippen LogP contribution in [0.1, 0.15) is 51.5 Å². The third-order valence-corrected chi connectivity index (χ3v) is 8.48. The highest BCUT2D eigenvalue weighted by Crippen LogP contribution is 2.24. The van der Waals surface area contributed by atoms with Crippen molar-refractivity contribution in [3.05, 3.63) is 64.1 Å². The molecule has 10 heteroatoms. The Kier molecular flexibility index (Phi) is 12.2. The molecule has 0 spiro atoms. The lowest BCUT2D eigenvalue weighted by Gasteiger charge is -2.31. The SMILES string of the molecule is CCCCNC(=O)C(CC)N(Cc1ccc(Cl)c(Cl)c1)C(=O)CCCN(C)S(=O)(=O)c1ccccc1. The van der Waals surface area contributed by atoms with Gasteiger partial charge in [0, 0.05) is 33.1 Å². The molecule has 7 nitrogen and oxygen atoms in total. The van der Waals surface area contributed by atoms with Gasteiger partial charge in [0.25, 0.3) is 0 Å². The van der Waals surface area contributed by atoms with Gasteiger partial charge in [-0.15, -0.1) is 0 Å². The number of carbonyl (C=O) groups excluding carboxylic acids is 2. The van der Waals surface area contributed by atoms with E-state index in [4.69, 9.17) is 23.2 Å². The van der Waals surface area contributed by atoms with E-state index in [-0.39, 0.29) is 36.2 Å². The predicted octanol–water partition coefficient (Wildman–Crippen LogP) is 5.12. The Balaban J connectivity index is 2.14. The molecule has 198 valence electrons. The maximum atomic E-state index is 13.4. The second kappa shape index (κ2) is 14.6. The summed E-state index contributed by atoms with van der Waals surface area (Å²) >= 11 is 12.2. The minimum atomic E-state index is -3.64. The highest BCUT2D eigenvalue weighted by molar-refractivity contribution is 7.89. The lowest BCUT2D eigenvalue weighted by molar-refractivity contribution is -0.141. The Morgan fingerprint density at radius 1 is 1.00 bits per heavy atom. The van der Waals surface area contributed by atoms with E-state index in [1.165, 1.54) is 11.4 Å². The molecule has 1 atom stereocenters. The molecular formula is C26H35Cl2N3O4S. The van der Waals surface area contributed by atoms with Gasteiger partial charge in [0.2, 0.25) is 21.8 Å². The van der Waals surface area contributed by atoms with Crippen LogP contribution in [0.4, 0.5) is 0 Å². The molecule has 0 aliphatic rings. The summed E-state index contributed by atoms with van der Waals surface area (Å²) in [5.41, 5.74) is 0.751. The first-order valence-corrected chi connectivity index (χ1v) is 14.3. The van der Waals surface area contributed by atoms with Crippen molar-refractivity contribution in [2.75, 3.05) is 20.1 Å². The predicted molar refractivity (Wildman–Crippen MR) is 145 cm³/mol. The van der Waals surface area contributed by atoms with Gasteiger partial charge in [0.15, 0.2) is 0 Å². The quantitative estimate of drug-likeness (QED) is 0.328. The van der Waals surface area contributed by atoms with Gasteiger partial charge in [-0.3, -0.25) is 9.59 Å². The van der Waals surface area contributed by atoms with E-state index in [0.29, 0.717) is 29.4 Å². The smallest absolute Gasteiger partial charge is 0.242 e. The van der Waals surface area contributed by atoms with Crippen LogP contribution in [0.5, 0.6) is 0 Å². The Bertz CT molecular complexity index is 1110. The Morgan fingerprint density at radius 2 is 1.69 bits per heavy atom. The number of halogens is 2. The number of benzene rings is 2. The first-order valence-electron chi connectivity index (χ1n) is 12.1. The maximum absolute atomic E-state index is 13.4. The highest BCUT2D eigenvalue weighted by Gasteiger charge is 2.29. The first-order chi connectivity index (χ1) is 17.1. The molecule has 1 N–H and O–H groups in total. The summed E-state index contributed by atoms with van der Waals surface area (Å²) in [5.74, 6) is -0.438. The van der Waals surface area contributed by atoms with Crippen LogP contribution in [0.15, 0.2) is 53.4 Å². The lowest BCUT2D eigenvalue weighted by Crippen LogP contribution is -2.49. The number of nitrogens with one attached hydrogen (secondary N) is 1. The van der Waals surface area contributed by atoms with Crippen LogP contribution in [0.25, 0.3) is 0 Å². The van der Waals surface area contributed by atoms with Crippen LogP contribution in [0.3, 0.4) is 0 Å². The van der Waals surface area contributed by atoms with E-state index in [1.54, 1.807) is 53.4 Å². The molecule has 0 saturated heterocycles. The molecule has 2 aromatic rings. The normalized spacial score (nSPS) is 12.4. The molecule has 0 fully saturated rings. The van der Waals surface area contributed by atoms with E-state index in [9.17, 15) is 18.0 Å². The van der Waals surface area contributed by atoms with Gasteiger partial charge in [0.05, 0.1) is 14.9 Å². The second-order valence-electron chi connectivity index (χ2n) is 8.58. The molecule has 2 amide bonds. The standard InChI is InChI=1S/C26H35Cl2N3O4S/c1-4-6-16-29-26(33)24(5-2)31(19-20-14-15-22(27)23(28)18-20)25(32)13-10-17-30(3)36(34,35)21-11-8-7-9-12-21/h7-9,11-12,14-15,18,24H,4-6,10,13,16-17,19H2,1-3H3,(H,29,33). The monoisotopic (exact) mass is 555 g/mol. The fourth-order valence-corrected chi connectivity index (χ4v) is 5.30. The number of carbonyl (C=O) groups is 2. The van der Waals surface area contributed by atoms with Crippen molar-refractivity contribution in [3.8, 4) is 0 Å². The number of hydrogen-bond acceptors (Lipinski definition) is 4. The summed E-state index contributed by atoms with van der Waals surface area (Å²) in [7, 11) is -2.15. The van der Waals surface area contributed by atoms with Crippen LogP contribution >= 0.6 is 23.2 Å². The number of rotatable bonds is 14. The fourth-order valence-electron chi connectivity index (χ4n) is 3.75. The molecule has 0 saturated carbocycles. The van der Waals surface area contributed by atoms with Gasteiger partial charge in [-0.25, -0.2) is 12.7 Å². The molecule has 0 heterocycles. The number of nitrogens with zero attached hydrogens (tertiary/aromatic N) is 2. The number of amides is 2. The van der Waals surface area contributed by atoms with Gasteiger partial charge in [-0.1, -0.05) is 67.7 Å². The van der Waals surface area contributed by atoms with E-state index in [0.717, 1.165) is 18.4 Å². The van der Waals surface area contributed by atoms with Gasteiger partial charge in [-0.2, -0.15) is 0 Å². The van der Waals surface area contributed by atoms with E-state index in [2.05, 4.69) is 5.32 Å². The maximum Gasteiger partial charge on any atom is 0.242 e. The van der Waals surface area contributed by atoms with Crippen LogP contribution in [0.2, 0.25) is 10.0 Å². The van der Waals surface area contributed by atoms with Crippen LogP contribution in [-0.2, 0) is 26.2 Å². The fraction of sp³-hybridized carbons (Fsp3) is 0.462. The Morgan fingerprint density at radius 3 is 2.31 bits per heavy atom. The van der Waals surface area contributed by atoms with E-state index in [1.807, 2.05) is 13.8 Å². The van der Waals surface area contributed by atoms with Crippen molar-refractivity contribution < 1.29 is 18.0 Å². The summed E-state index contributed by atoms with van der Waals surface area (Å²) in [6.45, 7) is 4.80.